The van der Waals surface area contributed by atoms with E-state index >= 15 is 0 Å². The summed E-state index contributed by atoms with van der Waals surface area (Å²) < 4.78 is 0. The number of carbonyl (C=O) groups is 1. The Hall–Kier alpha value is -0.790. The highest BCUT2D eigenvalue weighted by Crippen LogP contribution is 2.38. The largest absolute Gasteiger partial charge is 0.322 e. The zero-order valence-corrected chi connectivity index (χ0v) is 8.36. The van der Waals surface area contributed by atoms with E-state index in [-0.39, 0.29) is 5.92 Å². The lowest BCUT2D eigenvalue weighted by Gasteiger charge is -2.38. The lowest BCUT2D eigenvalue weighted by Crippen LogP contribution is -2.42. The van der Waals surface area contributed by atoms with Gasteiger partial charge in [-0.2, -0.15) is 0 Å². The van der Waals surface area contributed by atoms with Crippen molar-refractivity contribution in [2.24, 2.45) is 17.8 Å². The number of nitrogens with zero attached hydrogens (tertiary/aromatic N) is 1. The van der Waals surface area contributed by atoms with Crippen LogP contribution in [0, 0.1) is 17.8 Å². The molecule has 1 heterocycles. The molecular formula is C11H17NO. The van der Waals surface area contributed by atoms with Gasteiger partial charge in [0.1, 0.15) is 0 Å². The molecular weight excluding hydrogens is 162 g/mol. The van der Waals surface area contributed by atoms with E-state index in [0.717, 1.165) is 0 Å². The fourth-order valence-corrected chi connectivity index (χ4v) is 2.65. The second-order valence-electron chi connectivity index (χ2n) is 4.39. The fourth-order valence-electron chi connectivity index (χ4n) is 2.65. The Labute approximate surface area is 79.6 Å². The van der Waals surface area contributed by atoms with Crippen LogP contribution in [0.5, 0.6) is 0 Å². The van der Waals surface area contributed by atoms with Crippen LogP contribution in [-0.4, -0.2) is 17.9 Å². The number of allylic oxidation sites excluding steroid dienone is 1. The topological polar surface area (TPSA) is 20.3 Å². The molecule has 2 aliphatic rings. The summed E-state index contributed by atoms with van der Waals surface area (Å²) in [6.07, 6.45) is 7.84. The maximum absolute atomic E-state index is 11.8. The van der Waals surface area contributed by atoms with Crippen LogP contribution < -0.4 is 0 Å². The van der Waals surface area contributed by atoms with Gasteiger partial charge in [-0.3, -0.25) is 4.79 Å². The van der Waals surface area contributed by atoms with E-state index in [1.54, 1.807) is 4.90 Å². The minimum absolute atomic E-state index is 0.267. The third-order valence-electron chi connectivity index (χ3n) is 3.46. The summed E-state index contributed by atoms with van der Waals surface area (Å²) in [6.45, 7) is 2.21. The maximum Gasteiger partial charge on any atom is 0.230 e. The number of hydrogen-bond acceptors (Lipinski definition) is 1. The Balaban J connectivity index is 2.24. The van der Waals surface area contributed by atoms with Gasteiger partial charge in [-0.1, -0.05) is 19.4 Å². The molecule has 72 valence electrons. The van der Waals surface area contributed by atoms with Gasteiger partial charge in [-0.05, 0) is 24.7 Å². The molecule has 0 N–H and O–H groups in total. The summed E-state index contributed by atoms with van der Waals surface area (Å²) in [7, 11) is 1.86. The van der Waals surface area contributed by atoms with Crippen LogP contribution in [0.25, 0.3) is 0 Å². The lowest BCUT2D eigenvalue weighted by atomic mass is 9.71. The Morgan fingerprint density at radius 1 is 1.46 bits per heavy atom. The minimum atomic E-state index is 0.267. The number of amides is 1. The summed E-state index contributed by atoms with van der Waals surface area (Å²) in [5.41, 5.74) is 0. The molecule has 1 aliphatic heterocycles. The molecule has 0 aromatic carbocycles. The first kappa shape index (κ1) is 8.79. The molecule has 2 nitrogen and oxygen atoms in total. The summed E-state index contributed by atoms with van der Waals surface area (Å²) >= 11 is 0. The van der Waals surface area contributed by atoms with E-state index in [0.29, 0.717) is 17.7 Å². The molecule has 0 spiro atoms. The molecule has 0 aromatic rings. The summed E-state index contributed by atoms with van der Waals surface area (Å²) in [4.78, 5) is 13.6. The van der Waals surface area contributed by atoms with Crippen molar-refractivity contribution in [1.82, 2.24) is 4.90 Å². The van der Waals surface area contributed by atoms with Crippen LogP contribution in [0.3, 0.4) is 0 Å². The van der Waals surface area contributed by atoms with E-state index < -0.39 is 0 Å². The molecule has 1 fully saturated rings. The average molecular weight is 179 g/mol. The molecule has 1 saturated carbocycles. The van der Waals surface area contributed by atoms with Gasteiger partial charge in [-0.25, -0.2) is 0 Å². The van der Waals surface area contributed by atoms with Crippen LogP contribution in [-0.2, 0) is 4.79 Å². The van der Waals surface area contributed by atoms with Gasteiger partial charge in [-0.15, -0.1) is 0 Å². The zero-order chi connectivity index (χ0) is 9.42. The van der Waals surface area contributed by atoms with Gasteiger partial charge in [0.2, 0.25) is 5.91 Å². The van der Waals surface area contributed by atoms with Gasteiger partial charge in [0, 0.05) is 19.2 Å². The fraction of sp³-hybridized carbons (Fsp3) is 0.727. The highest BCUT2D eigenvalue weighted by Gasteiger charge is 2.37. The molecule has 0 bridgehead atoms. The monoisotopic (exact) mass is 179 g/mol. The first-order valence-electron chi connectivity index (χ1n) is 5.15. The van der Waals surface area contributed by atoms with E-state index in [9.17, 15) is 4.79 Å². The van der Waals surface area contributed by atoms with Crippen LogP contribution in [0.1, 0.15) is 26.2 Å². The summed E-state index contributed by atoms with van der Waals surface area (Å²) in [6, 6.07) is 0. The Kier molecular flexibility index (Phi) is 2.14. The van der Waals surface area contributed by atoms with Crippen LogP contribution in [0.2, 0.25) is 0 Å². The summed E-state index contributed by atoms with van der Waals surface area (Å²) in [5, 5.41) is 0. The van der Waals surface area contributed by atoms with Gasteiger partial charge >= 0.3 is 0 Å². The van der Waals surface area contributed by atoms with E-state index in [1.165, 1.54) is 19.3 Å². The second kappa shape index (κ2) is 3.17. The van der Waals surface area contributed by atoms with Gasteiger partial charge in [0.25, 0.3) is 0 Å². The molecule has 0 aromatic heterocycles. The van der Waals surface area contributed by atoms with Gasteiger partial charge in [0.05, 0.1) is 0 Å². The molecule has 13 heavy (non-hydrogen) atoms. The Morgan fingerprint density at radius 3 is 3.00 bits per heavy atom. The number of rotatable bonds is 0. The lowest BCUT2D eigenvalue weighted by molar-refractivity contribution is -0.137. The van der Waals surface area contributed by atoms with Crippen LogP contribution in [0.4, 0.5) is 0 Å². The van der Waals surface area contributed by atoms with Crippen molar-refractivity contribution in [2.45, 2.75) is 26.2 Å². The first-order valence-corrected chi connectivity index (χ1v) is 5.15. The highest BCUT2D eigenvalue weighted by molar-refractivity contribution is 5.81. The van der Waals surface area contributed by atoms with Crippen molar-refractivity contribution in [3.63, 3.8) is 0 Å². The number of hydrogen-bond donors (Lipinski definition) is 0. The minimum Gasteiger partial charge on any atom is -0.322 e. The van der Waals surface area contributed by atoms with Crippen LogP contribution in [0.15, 0.2) is 12.3 Å². The molecule has 2 rings (SSSR count). The highest BCUT2D eigenvalue weighted by atomic mass is 16.2. The van der Waals surface area contributed by atoms with Crippen molar-refractivity contribution in [1.29, 1.82) is 0 Å². The van der Waals surface area contributed by atoms with E-state index in [4.69, 9.17) is 0 Å². The van der Waals surface area contributed by atoms with Crippen LogP contribution >= 0.6 is 0 Å². The smallest absolute Gasteiger partial charge is 0.230 e. The molecule has 3 atom stereocenters. The van der Waals surface area contributed by atoms with Crippen molar-refractivity contribution < 1.29 is 4.79 Å². The molecule has 0 radical (unpaired) electrons. The number of fused-ring (bicyclic) bond motifs is 1. The van der Waals surface area contributed by atoms with Crippen molar-refractivity contribution >= 4 is 5.91 Å². The SMILES string of the molecule is CC1CCCC2C=CN(C)C(=O)C12. The van der Waals surface area contributed by atoms with Crippen molar-refractivity contribution in [2.75, 3.05) is 7.05 Å². The molecule has 1 aliphatic carbocycles. The predicted molar refractivity (Wildman–Crippen MR) is 51.9 cm³/mol. The molecule has 3 unspecified atom stereocenters. The second-order valence-corrected chi connectivity index (χ2v) is 4.39. The predicted octanol–water partition coefficient (Wildman–Crippen LogP) is 2.02. The Morgan fingerprint density at radius 2 is 2.23 bits per heavy atom. The number of carbonyl (C=O) groups excluding carboxylic acids is 1. The van der Waals surface area contributed by atoms with Crippen molar-refractivity contribution in [3.8, 4) is 0 Å². The zero-order valence-electron chi connectivity index (χ0n) is 8.36. The van der Waals surface area contributed by atoms with Gasteiger partial charge in [0.15, 0.2) is 0 Å². The third kappa shape index (κ3) is 1.38. The third-order valence-corrected chi connectivity index (χ3v) is 3.46. The standard InChI is InChI=1S/C11H17NO/c1-8-4-3-5-9-6-7-12(2)11(13)10(8)9/h6-10H,3-5H2,1-2H3. The molecule has 1 amide bonds. The molecule has 0 saturated heterocycles. The quantitative estimate of drug-likeness (QED) is 0.557. The summed E-state index contributed by atoms with van der Waals surface area (Å²) in [5.74, 6) is 1.68. The first-order chi connectivity index (χ1) is 6.20. The van der Waals surface area contributed by atoms with E-state index in [2.05, 4.69) is 13.0 Å². The normalized spacial score (nSPS) is 39.1. The van der Waals surface area contributed by atoms with Gasteiger partial charge < -0.3 is 4.90 Å². The van der Waals surface area contributed by atoms with E-state index in [1.807, 2.05) is 13.2 Å². The maximum atomic E-state index is 11.8. The van der Waals surface area contributed by atoms with Crippen molar-refractivity contribution in [3.05, 3.63) is 12.3 Å². The Bertz CT molecular complexity index is 246. The average Bonchev–Trinajstić information content (AvgIpc) is 2.12. The molecule has 2 heteroatoms.